The zero-order chi connectivity index (χ0) is 39.8. The number of esters is 2. The lowest BCUT2D eigenvalue weighted by molar-refractivity contribution is -0.142. The average Bonchev–Trinajstić information content (AvgIpc) is 3.57. The van der Waals surface area contributed by atoms with Crippen molar-refractivity contribution in [2.24, 2.45) is 0 Å². The van der Waals surface area contributed by atoms with E-state index in [1.807, 2.05) is 72.8 Å². The summed E-state index contributed by atoms with van der Waals surface area (Å²) in [7, 11) is 0. The van der Waals surface area contributed by atoms with Crippen LogP contribution in [0.15, 0.2) is 171 Å². The first-order valence-corrected chi connectivity index (χ1v) is 18.6. The van der Waals surface area contributed by atoms with E-state index in [-0.39, 0.29) is 26.4 Å². The number of carbonyl (C=O) groups excluding carboxylic acids is 2. The molecule has 57 heavy (non-hydrogen) atoms. The molecule has 0 saturated carbocycles. The van der Waals surface area contributed by atoms with Crippen LogP contribution in [-0.4, -0.2) is 60.8 Å². The highest BCUT2D eigenvalue weighted by molar-refractivity contribution is 5.88. The lowest BCUT2D eigenvalue weighted by Crippen LogP contribution is -2.29. The van der Waals surface area contributed by atoms with Gasteiger partial charge in [0, 0.05) is 23.3 Å². The van der Waals surface area contributed by atoms with Gasteiger partial charge in [-0.3, -0.25) is 0 Å². The second kappa shape index (κ2) is 17.4. The number of hydrogen-bond donors (Lipinski definition) is 2. The Hall–Kier alpha value is -6.74. The highest BCUT2D eigenvalue weighted by atomic mass is 16.6. The van der Waals surface area contributed by atoms with Crippen LogP contribution in [0.1, 0.15) is 22.3 Å². The van der Waals surface area contributed by atoms with Crippen LogP contribution in [0, 0.1) is 0 Å². The molecule has 6 aromatic rings. The molecule has 1 aliphatic carbocycles. The molecule has 0 amide bonds. The molecule has 0 spiro atoms. The summed E-state index contributed by atoms with van der Waals surface area (Å²) < 4.78 is 22.6. The molecule has 2 atom stereocenters. The topological polar surface area (TPSA) is 112 Å². The van der Waals surface area contributed by atoms with Crippen molar-refractivity contribution in [3.63, 3.8) is 0 Å². The van der Waals surface area contributed by atoms with Crippen LogP contribution in [0.5, 0.6) is 11.5 Å². The van der Waals surface area contributed by atoms with Crippen molar-refractivity contribution < 1.29 is 38.7 Å². The van der Waals surface area contributed by atoms with Crippen molar-refractivity contribution in [2.75, 3.05) is 26.4 Å². The summed E-state index contributed by atoms with van der Waals surface area (Å²) in [6, 6.07) is 49.1. The number of benzene rings is 6. The van der Waals surface area contributed by atoms with Crippen molar-refractivity contribution in [3.05, 3.63) is 193 Å². The van der Waals surface area contributed by atoms with Crippen molar-refractivity contribution in [2.45, 2.75) is 17.6 Å². The van der Waals surface area contributed by atoms with Gasteiger partial charge in [-0.2, -0.15) is 0 Å². The van der Waals surface area contributed by atoms with E-state index < -0.39 is 29.6 Å². The third-order valence-electron chi connectivity index (χ3n) is 9.98. The Morgan fingerprint density at radius 2 is 0.895 bits per heavy atom. The third-order valence-corrected chi connectivity index (χ3v) is 9.98. The van der Waals surface area contributed by atoms with Gasteiger partial charge < -0.3 is 29.2 Å². The summed E-state index contributed by atoms with van der Waals surface area (Å²) in [5.41, 5.74) is 9.07. The van der Waals surface area contributed by atoms with Crippen LogP contribution in [0.4, 0.5) is 0 Å². The Balaban J connectivity index is 1.39. The van der Waals surface area contributed by atoms with Crippen molar-refractivity contribution in [3.8, 4) is 44.9 Å². The quantitative estimate of drug-likeness (QED) is 0.0748. The SMILES string of the molecule is C=CC(=O)OCC(O)COc1ccc(C2(c3ccc(OCC(O)COC(=O)C=C)c(-c4ccccc4)c3)c3ccccc3-c3ccccc32)cc1-c1ccccc1. The minimum Gasteiger partial charge on any atom is -0.490 e. The van der Waals surface area contributed by atoms with Gasteiger partial charge in [-0.25, -0.2) is 9.59 Å². The van der Waals surface area contributed by atoms with Crippen LogP contribution in [-0.2, 0) is 24.5 Å². The van der Waals surface area contributed by atoms with Crippen LogP contribution in [0.2, 0.25) is 0 Å². The molecular weight excluding hydrogens is 717 g/mol. The first kappa shape index (κ1) is 38.5. The lowest BCUT2D eigenvalue weighted by atomic mass is 9.67. The van der Waals surface area contributed by atoms with E-state index in [0.717, 1.165) is 67.8 Å². The van der Waals surface area contributed by atoms with Crippen LogP contribution >= 0.6 is 0 Å². The summed E-state index contributed by atoms with van der Waals surface area (Å²) in [5.74, 6) is -0.130. The number of carbonyl (C=O) groups is 2. The summed E-state index contributed by atoms with van der Waals surface area (Å²) in [6.45, 7) is 6.15. The zero-order valence-electron chi connectivity index (χ0n) is 31.3. The van der Waals surface area contributed by atoms with Gasteiger partial charge >= 0.3 is 11.9 Å². The molecule has 8 heteroatoms. The van der Waals surface area contributed by atoms with Crippen LogP contribution < -0.4 is 9.47 Å². The zero-order valence-corrected chi connectivity index (χ0v) is 31.3. The molecule has 0 aromatic heterocycles. The second-order valence-corrected chi connectivity index (χ2v) is 13.6. The minimum absolute atomic E-state index is 0.103. The minimum atomic E-state index is -1.06. The van der Waals surface area contributed by atoms with Gasteiger partial charge in [-0.1, -0.05) is 134 Å². The molecular formula is C49H42O8. The van der Waals surface area contributed by atoms with Gasteiger partial charge in [0.2, 0.25) is 0 Å². The maximum Gasteiger partial charge on any atom is 0.330 e. The predicted molar refractivity (Wildman–Crippen MR) is 220 cm³/mol. The smallest absolute Gasteiger partial charge is 0.330 e. The largest absolute Gasteiger partial charge is 0.490 e. The fourth-order valence-corrected chi connectivity index (χ4v) is 7.43. The van der Waals surface area contributed by atoms with Crippen molar-refractivity contribution in [1.29, 1.82) is 0 Å². The van der Waals surface area contributed by atoms with E-state index >= 15 is 0 Å². The van der Waals surface area contributed by atoms with Crippen molar-refractivity contribution in [1.82, 2.24) is 0 Å². The Morgan fingerprint density at radius 3 is 1.30 bits per heavy atom. The monoisotopic (exact) mass is 758 g/mol. The van der Waals surface area contributed by atoms with E-state index in [9.17, 15) is 19.8 Å². The van der Waals surface area contributed by atoms with E-state index in [0.29, 0.717) is 11.5 Å². The van der Waals surface area contributed by atoms with Gasteiger partial charge in [0.1, 0.15) is 50.1 Å². The number of aliphatic hydroxyl groups is 2. The fraction of sp³-hybridized carbons (Fsp3) is 0.143. The third kappa shape index (κ3) is 8.00. The highest BCUT2D eigenvalue weighted by Crippen LogP contribution is 2.57. The molecule has 2 N–H and O–H groups in total. The molecule has 8 nitrogen and oxygen atoms in total. The number of ether oxygens (including phenoxy) is 4. The maximum absolute atomic E-state index is 11.6. The molecule has 0 bridgehead atoms. The van der Waals surface area contributed by atoms with Gasteiger partial charge in [0.25, 0.3) is 0 Å². The van der Waals surface area contributed by atoms with E-state index in [2.05, 4.69) is 86.0 Å². The normalized spacial score (nSPS) is 13.3. The number of rotatable bonds is 16. The Labute approximate surface area is 331 Å². The first-order valence-electron chi connectivity index (χ1n) is 18.6. The summed E-state index contributed by atoms with van der Waals surface area (Å²) in [4.78, 5) is 23.2. The molecule has 0 radical (unpaired) electrons. The molecule has 7 rings (SSSR count). The molecule has 2 unspecified atom stereocenters. The molecule has 0 heterocycles. The standard InChI is InChI=1S/C49H42O8/c1-3-47(52)56-31-37(50)29-54-45-25-23-35(27-41(45)33-15-7-5-8-16-33)49(43-21-13-11-19-39(43)40-20-12-14-22-44(40)49)36-24-26-46(42(28-36)34-17-9-6-10-18-34)55-30-38(51)32-57-48(53)4-2/h3-28,37-38,50-51H,1-2,29-32H2. The van der Waals surface area contributed by atoms with Gasteiger partial charge in [-0.15, -0.1) is 0 Å². The number of aliphatic hydroxyl groups excluding tert-OH is 2. The van der Waals surface area contributed by atoms with Crippen LogP contribution in [0.25, 0.3) is 33.4 Å². The molecule has 1 aliphatic rings. The van der Waals surface area contributed by atoms with Gasteiger partial charge in [0.05, 0.1) is 5.41 Å². The van der Waals surface area contributed by atoms with Gasteiger partial charge in [0.15, 0.2) is 0 Å². The fourth-order valence-electron chi connectivity index (χ4n) is 7.43. The maximum atomic E-state index is 11.6. The Bertz CT molecular complexity index is 2220. The van der Waals surface area contributed by atoms with Crippen LogP contribution in [0.3, 0.4) is 0 Å². The molecule has 0 aliphatic heterocycles. The summed E-state index contributed by atoms with van der Waals surface area (Å²) in [6.07, 6.45) is -0.0141. The molecule has 0 saturated heterocycles. The molecule has 6 aromatic carbocycles. The van der Waals surface area contributed by atoms with E-state index in [4.69, 9.17) is 18.9 Å². The lowest BCUT2D eigenvalue weighted by Gasteiger charge is -2.35. The summed E-state index contributed by atoms with van der Waals surface area (Å²) >= 11 is 0. The molecule has 286 valence electrons. The first-order chi connectivity index (χ1) is 27.8. The predicted octanol–water partition coefficient (Wildman–Crippen LogP) is 8.32. The second-order valence-electron chi connectivity index (χ2n) is 13.6. The summed E-state index contributed by atoms with van der Waals surface area (Å²) in [5, 5.41) is 21.3. The van der Waals surface area contributed by atoms with E-state index in [1.165, 1.54) is 0 Å². The molecule has 0 fully saturated rings. The van der Waals surface area contributed by atoms with Crippen molar-refractivity contribution >= 4 is 11.9 Å². The Kier molecular flexibility index (Phi) is 11.7. The highest BCUT2D eigenvalue weighted by Gasteiger charge is 2.46. The Morgan fingerprint density at radius 1 is 0.509 bits per heavy atom. The van der Waals surface area contributed by atoms with Gasteiger partial charge in [-0.05, 0) is 68.8 Å². The number of hydrogen-bond acceptors (Lipinski definition) is 8. The van der Waals surface area contributed by atoms with E-state index in [1.54, 1.807) is 0 Å². The average molecular weight is 759 g/mol. The number of fused-ring (bicyclic) bond motifs is 3.